The van der Waals surface area contributed by atoms with Crippen LogP contribution in [0.1, 0.15) is 181 Å². The summed E-state index contributed by atoms with van der Waals surface area (Å²) in [5, 5.41) is 12.7. The number of amides is 1. The van der Waals surface area contributed by atoms with E-state index in [0.29, 0.717) is 6.42 Å². The summed E-state index contributed by atoms with van der Waals surface area (Å²) in [5.74, 6) is -0.537. The molecule has 0 aliphatic rings. The highest BCUT2D eigenvalue weighted by atomic mass is 31.2. The van der Waals surface area contributed by atoms with E-state index < -0.39 is 26.5 Å². The van der Waals surface area contributed by atoms with Crippen LogP contribution >= 0.6 is 7.82 Å². The standard InChI is InChI=1S/C43H78NO8P/c1-3-5-7-9-11-13-15-17-18-19-20-21-22-24-25-27-29-31-33-35-42(46)44-37-38-51-53(48,49)52-40-41(45)39-50-43(47)36-34-32-30-28-26-23-16-14-12-10-8-6-4-2/h8,10-11,13-14,16-18,41,45H,3-7,9,12,15,19-40H2,1-2H3,(H,44,46)(H,48,49)/b10-8-,13-11-,16-14-,18-17-. The lowest BCUT2D eigenvalue weighted by Crippen LogP contribution is -2.27. The zero-order chi connectivity index (χ0) is 38.9. The number of carbonyl (C=O) groups is 2. The molecule has 0 heterocycles. The van der Waals surface area contributed by atoms with Gasteiger partial charge in [0.1, 0.15) is 12.7 Å². The van der Waals surface area contributed by atoms with Crippen molar-refractivity contribution in [2.45, 2.75) is 187 Å². The topological polar surface area (TPSA) is 131 Å². The molecule has 9 nitrogen and oxygen atoms in total. The zero-order valence-electron chi connectivity index (χ0n) is 33.7. The van der Waals surface area contributed by atoms with Crippen LogP contribution < -0.4 is 5.32 Å². The molecule has 2 unspecified atom stereocenters. The Labute approximate surface area is 324 Å². The minimum absolute atomic E-state index is 0.0763. The first kappa shape index (κ1) is 51.0. The lowest BCUT2D eigenvalue weighted by atomic mass is 10.1. The number of esters is 1. The van der Waals surface area contributed by atoms with Gasteiger partial charge in [0.2, 0.25) is 5.91 Å². The fraction of sp³-hybridized carbons (Fsp3) is 0.767. The first-order chi connectivity index (χ1) is 25.8. The Hall–Kier alpha value is -2.03. The molecule has 10 heteroatoms. The summed E-state index contributed by atoms with van der Waals surface area (Å²) in [4.78, 5) is 33.9. The van der Waals surface area contributed by atoms with Crippen LogP contribution in [0, 0.1) is 0 Å². The second kappa shape index (κ2) is 39.7. The third-order valence-electron chi connectivity index (χ3n) is 8.71. The number of carbonyl (C=O) groups excluding carboxylic acids is 2. The first-order valence-corrected chi connectivity index (χ1v) is 22.6. The lowest BCUT2D eigenvalue weighted by molar-refractivity contribution is -0.147. The van der Waals surface area contributed by atoms with E-state index in [1.54, 1.807) is 0 Å². The molecule has 0 saturated heterocycles. The summed E-state index contributed by atoms with van der Waals surface area (Å²) < 4.78 is 26.8. The van der Waals surface area contributed by atoms with E-state index in [9.17, 15) is 24.2 Å². The van der Waals surface area contributed by atoms with Crippen molar-refractivity contribution in [2.75, 3.05) is 26.4 Å². The van der Waals surface area contributed by atoms with Crippen LogP contribution in [0.15, 0.2) is 48.6 Å². The van der Waals surface area contributed by atoms with E-state index in [0.717, 1.165) is 77.0 Å². The van der Waals surface area contributed by atoms with Crippen LogP contribution in [0.2, 0.25) is 0 Å². The number of phosphoric acid groups is 1. The number of nitrogens with one attached hydrogen (secondary N) is 1. The third-order valence-corrected chi connectivity index (χ3v) is 9.70. The second-order valence-corrected chi connectivity index (χ2v) is 15.4. The predicted molar refractivity (Wildman–Crippen MR) is 220 cm³/mol. The quantitative estimate of drug-likeness (QED) is 0.0244. The Balaban J connectivity index is 3.61. The summed E-state index contributed by atoms with van der Waals surface area (Å²) in [6.45, 7) is 3.43. The Morgan fingerprint density at radius 2 is 1.06 bits per heavy atom. The van der Waals surface area contributed by atoms with Gasteiger partial charge in [0.15, 0.2) is 0 Å². The molecule has 2 atom stereocenters. The molecule has 0 fully saturated rings. The summed E-state index contributed by atoms with van der Waals surface area (Å²) in [6.07, 6.45) is 44.7. The molecule has 308 valence electrons. The van der Waals surface area contributed by atoms with Gasteiger partial charge in [-0.05, 0) is 70.6 Å². The largest absolute Gasteiger partial charge is 0.472 e. The van der Waals surface area contributed by atoms with Crippen molar-refractivity contribution in [3.8, 4) is 0 Å². The normalized spacial score (nSPS) is 13.8. The zero-order valence-corrected chi connectivity index (χ0v) is 34.6. The van der Waals surface area contributed by atoms with Gasteiger partial charge in [-0.25, -0.2) is 4.57 Å². The number of aliphatic hydroxyl groups is 1. The van der Waals surface area contributed by atoms with E-state index >= 15 is 0 Å². The minimum Gasteiger partial charge on any atom is -0.463 e. The number of phosphoric ester groups is 1. The maximum absolute atomic E-state index is 12.1. The van der Waals surface area contributed by atoms with Crippen molar-refractivity contribution < 1.29 is 37.9 Å². The Morgan fingerprint density at radius 3 is 1.58 bits per heavy atom. The van der Waals surface area contributed by atoms with Gasteiger partial charge >= 0.3 is 13.8 Å². The highest BCUT2D eigenvalue weighted by molar-refractivity contribution is 7.47. The third kappa shape index (κ3) is 41.0. The van der Waals surface area contributed by atoms with Crippen LogP contribution in [0.5, 0.6) is 0 Å². The van der Waals surface area contributed by atoms with Crippen LogP contribution in [-0.4, -0.2) is 54.3 Å². The fourth-order valence-corrected chi connectivity index (χ4v) is 6.26. The molecular weight excluding hydrogens is 689 g/mol. The molecular formula is C43H78NO8P. The molecule has 0 rings (SSSR count). The van der Waals surface area contributed by atoms with Crippen molar-refractivity contribution in [2.24, 2.45) is 0 Å². The molecule has 0 aromatic heterocycles. The summed E-state index contributed by atoms with van der Waals surface area (Å²) in [7, 11) is -4.42. The van der Waals surface area contributed by atoms with Gasteiger partial charge in [0.25, 0.3) is 0 Å². The van der Waals surface area contributed by atoms with Crippen LogP contribution in [-0.2, 0) is 27.9 Å². The number of hydrogen-bond acceptors (Lipinski definition) is 7. The Bertz CT molecular complexity index is 1010. The van der Waals surface area contributed by atoms with E-state index in [-0.39, 0.29) is 32.1 Å². The molecule has 0 spiro atoms. The van der Waals surface area contributed by atoms with Gasteiger partial charge in [-0.15, -0.1) is 0 Å². The van der Waals surface area contributed by atoms with E-state index in [1.807, 2.05) is 0 Å². The number of rotatable bonds is 39. The monoisotopic (exact) mass is 768 g/mol. The SMILES string of the molecule is CCC/C=C\C/C=C\CCCCCCCC(=O)OCC(O)COP(=O)(O)OCCNC(=O)CCCCCCCCCCC/C=C\C/C=C\CCCCC. The maximum atomic E-state index is 12.1. The number of unbranched alkanes of at least 4 members (excludes halogenated alkanes) is 18. The molecule has 1 amide bonds. The average Bonchev–Trinajstić information content (AvgIpc) is 3.14. The lowest BCUT2D eigenvalue weighted by Gasteiger charge is -2.15. The van der Waals surface area contributed by atoms with Gasteiger partial charge in [-0.3, -0.25) is 18.6 Å². The van der Waals surface area contributed by atoms with Crippen LogP contribution in [0.4, 0.5) is 0 Å². The number of allylic oxidation sites excluding steroid dienone is 8. The average molecular weight is 768 g/mol. The number of hydrogen-bond donors (Lipinski definition) is 3. The molecule has 0 aliphatic carbocycles. The Kier molecular flexibility index (Phi) is 38.1. The van der Waals surface area contributed by atoms with Crippen molar-refractivity contribution in [1.29, 1.82) is 0 Å². The van der Waals surface area contributed by atoms with Crippen molar-refractivity contribution in [3.05, 3.63) is 48.6 Å². The van der Waals surface area contributed by atoms with Gasteiger partial charge in [0.05, 0.1) is 13.2 Å². The van der Waals surface area contributed by atoms with Crippen LogP contribution in [0.25, 0.3) is 0 Å². The minimum atomic E-state index is -4.42. The molecule has 0 radical (unpaired) electrons. The number of ether oxygens (including phenoxy) is 1. The molecule has 0 bridgehead atoms. The van der Waals surface area contributed by atoms with Gasteiger partial charge in [0, 0.05) is 19.4 Å². The van der Waals surface area contributed by atoms with Crippen molar-refractivity contribution in [3.63, 3.8) is 0 Å². The summed E-state index contributed by atoms with van der Waals surface area (Å²) >= 11 is 0. The molecule has 0 aromatic carbocycles. The van der Waals surface area contributed by atoms with Crippen molar-refractivity contribution >= 4 is 19.7 Å². The maximum Gasteiger partial charge on any atom is 0.472 e. The second-order valence-electron chi connectivity index (χ2n) is 14.0. The highest BCUT2D eigenvalue weighted by Gasteiger charge is 2.23. The smallest absolute Gasteiger partial charge is 0.463 e. The first-order valence-electron chi connectivity index (χ1n) is 21.1. The highest BCUT2D eigenvalue weighted by Crippen LogP contribution is 2.42. The van der Waals surface area contributed by atoms with Gasteiger partial charge in [-0.2, -0.15) is 0 Å². The van der Waals surface area contributed by atoms with E-state index in [4.69, 9.17) is 13.8 Å². The fourth-order valence-electron chi connectivity index (χ4n) is 5.51. The van der Waals surface area contributed by atoms with Gasteiger partial charge < -0.3 is 20.1 Å². The molecule has 0 aliphatic heterocycles. The van der Waals surface area contributed by atoms with Crippen molar-refractivity contribution in [1.82, 2.24) is 5.32 Å². The van der Waals surface area contributed by atoms with E-state index in [2.05, 4.69) is 67.8 Å². The Morgan fingerprint density at radius 1 is 0.585 bits per heavy atom. The predicted octanol–water partition coefficient (Wildman–Crippen LogP) is 11.5. The molecule has 3 N–H and O–H groups in total. The summed E-state index contributed by atoms with van der Waals surface area (Å²) in [6, 6.07) is 0. The van der Waals surface area contributed by atoms with E-state index in [1.165, 1.54) is 77.0 Å². The molecule has 53 heavy (non-hydrogen) atoms. The number of aliphatic hydroxyl groups excluding tert-OH is 1. The molecule has 0 saturated carbocycles. The van der Waals surface area contributed by atoms with Gasteiger partial charge in [-0.1, -0.05) is 146 Å². The molecule has 0 aromatic rings. The van der Waals surface area contributed by atoms with Crippen LogP contribution in [0.3, 0.4) is 0 Å². The summed E-state index contributed by atoms with van der Waals surface area (Å²) in [5.41, 5.74) is 0.